The lowest BCUT2D eigenvalue weighted by Gasteiger charge is -2.15. The molecule has 1 aliphatic rings. The number of amides is 1. The van der Waals surface area contributed by atoms with Crippen LogP contribution in [0.2, 0.25) is 0 Å². The number of carbonyl (C=O) groups excluding carboxylic acids is 1. The van der Waals surface area contributed by atoms with Crippen LogP contribution in [-0.2, 0) is 4.79 Å². The van der Waals surface area contributed by atoms with Gasteiger partial charge in [0.05, 0.1) is 6.00 Å². The zero-order chi connectivity index (χ0) is 7.40. The molecule has 1 heterocycles. The number of nitrogens with zero attached hydrogens (tertiary/aromatic N) is 1. The van der Waals surface area contributed by atoms with Crippen LogP contribution in [0.4, 0.5) is 0 Å². The van der Waals surface area contributed by atoms with Gasteiger partial charge in [-0.2, -0.15) is 0 Å². The molecule has 0 saturated carbocycles. The molecule has 0 aromatic carbocycles. The Morgan fingerprint density at radius 3 is 2.90 bits per heavy atom. The summed E-state index contributed by atoms with van der Waals surface area (Å²) < 4.78 is 0. The number of hydrogen-bond donors (Lipinski definition) is 0. The van der Waals surface area contributed by atoms with Crippen LogP contribution in [0.1, 0.15) is 25.7 Å². The Kier molecular flexibility index (Phi) is 3.00. The monoisotopic (exact) mass is 161 g/mol. The van der Waals surface area contributed by atoms with Crippen LogP contribution in [0.3, 0.4) is 0 Å². The number of rotatable bonds is 1. The highest BCUT2D eigenvalue weighted by atomic mass is 35.5. The van der Waals surface area contributed by atoms with Crippen molar-refractivity contribution in [3.05, 3.63) is 0 Å². The number of halogens is 1. The average molecular weight is 162 g/mol. The van der Waals surface area contributed by atoms with Gasteiger partial charge in [0.15, 0.2) is 0 Å². The summed E-state index contributed by atoms with van der Waals surface area (Å²) in [5, 5.41) is 0. The van der Waals surface area contributed by atoms with Gasteiger partial charge in [-0.05, 0) is 12.8 Å². The molecule has 0 bridgehead atoms. The van der Waals surface area contributed by atoms with Crippen LogP contribution in [0.5, 0.6) is 0 Å². The van der Waals surface area contributed by atoms with Crippen molar-refractivity contribution >= 4 is 17.5 Å². The molecule has 10 heavy (non-hydrogen) atoms. The van der Waals surface area contributed by atoms with Gasteiger partial charge in [-0.25, -0.2) is 0 Å². The van der Waals surface area contributed by atoms with Gasteiger partial charge in [0.2, 0.25) is 5.91 Å². The Hall–Kier alpha value is -0.240. The van der Waals surface area contributed by atoms with E-state index in [1.165, 1.54) is 6.42 Å². The van der Waals surface area contributed by atoms with E-state index in [1.54, 1.807) is 4.90 Å². The third kappa shape index (κ3) is 1.87. The zero-order valence-electron chi connectivity index (χ0n) is 5.98. The molecule has 0 aromatic rings. The average Bonchev–Trinajstić information content (AvgIpc) is 2.13. The van der Waals surface area contributed by atoms with Gasteiger partial charge in [-0.3, -0.25) is 4.79 Å². The van der Waals surface area contributed by atoms with E-state index in [9.17, 15) is 4.79 Å². The second-order valence-electron chi connectivity index (χ2n) is 2.59. The smallest absolute Gasteiger partial charge is 0.223 e. The van der Waals surface area contributed by atoms with Crippen molar-refractivity contribution < 1.29 is 4.79 Å². The van der Waals surface area contributed by atoms with Gasteiger partial charge >= 0.3 is 0 Å². The van der Waals surface area contributed by atoms with Crippen LogP contribution in [0, 0.1) is 0 Å². The summed E-state index contributed by atoms with van der Waals surface area (Å²) in [6.07, 6.45) is 4.00. The maximum Gasteiger partial charge on any atom is 0.223 e. The summed E-state index contributed by atoms with van der Waals surface area (Å²) in [6, 6.07) is 0.360. The van der Waals surface area contributed by atoms with Crippen molar-refractivity contribution in [2.45, 2.75) is 25.7 Å². The molecule has 0 unspecified atom stereocenters. The first-order chi connectivity index (χ1) is 4.84. The number of likely N-dealkylation sites (tertiary alicyclic amines) is 1. The highest BCUT2D eigenvalue weighted by Gasteiger charge is 2.14. The van der Waals surface area contributed by atoms with Crippen molar-refractivity contribution in [2.24, 2.45) is 0 Å². The predicted octanol–water partition coefficient (Wildman–Crippen LogP) is 1.59. The maximum absolute atomic E-state index is 11.1. The molecule has 0 aliphatic carbocycles. The lowest BCUT2D eigenvalue weighted by atomic mass is 10.2. The highest BCUT2D eigenvalue weighted by Crippen LogP contribution is 2.10. The molecule has 2 nitrogen and oxygen atoms in total. The third-order valence-corrected chi connectivity index (χ3v) is 2.10. The fourth-order valence-corrected chi connectivity index (χ4v) is 1.42. The first-order valence-electron chi connectivity index (χ1n) is 3.68. The normalized spacial score (nSPS) is 20.9. The Morgan fingerprint density at radius 1 is 1.40 bits per heavy atom. The fourth-order valence-electron chi connectivity index (χ4n) is 1.16. The molecule has 1 amide bonds. The van der Waals surface area contributed by atoms with Crippen LogP contribution < -0.4 is 0 Å². The van der Waals surface area contributed by atoms with Gasteiger partial charge < -0.3 is 4.90 Å². The summed E-state index contributed by atoms with van der Waals surface area (Å²) in [6.45, 7) is 0.850. The Bertz CT molecular complexity index is 127. The lowest BCUT2D eigenvalue weighted by molar-refractivity contribution is -0.129. The highest BCUT2D eigenvalue weighted by molar-refractivity contribution is 6.18. The molecule has 0 aromatic heterocycles. The van der Waals surface area contributed by atoms with Crippen molar-refractivity contribution in [1.29, 1.82) is 0 Å². The van der Waals surface area contributed by atoms with Crippen LogP contribution >= 0.6 is 11.6 Å². The SMILES string of the molecule is O=C1CCCCCN1CCl. The standard InChI is InChI=1S/C7H12ClNO/c8-6-9-5-3-1-2-4-7(9)10/h1-6H2. The molecular weight excluding hydrogens is 150 g/mol. The van der Waals surface area contributed by atoms with Gasteiger partial charge in [-0.1, -0.05) is 6.42 Å². The Labute approximate surface area is 66.1 Å². The summed E-state index contributed by atoms with van der Waals surface area (Å²) in [7, 11) is 0. The van der Waals surface area contributed by atoms with Crippen LogP contribution in [0.15, 0.2) is 0 Å². The zero-order valence-corrected chi connectivity index (χ0v) is 6.73. The molecule has 58 valence electrons. The van der Waals surface area contributed by atoms with E-state index in [1.807, 2.05) is 0 Å². The van der Waals surface area contributed by atoms with E-state index in [0.717, 1.165) is 19.4 Å². The number of alkyl halides is 1. The molecule has 0 radical (unpaired) electrons. The Balaban J connectivity index is 2.43. The van der Waals surface area contributed by atoms with E-state index in [-0.39, 0.29) is 5.91 Å². The van der Waals surface area contributed by atoms with E-state index in [2.05, 4.69) is 0 Å². The minimum Gasteiger partial charge on any atom is -0.329 e. The molecule has 1 saturated heterocycles. The van der Waals surface area contributed by atoms with Crippen LogP contribution in [0.25, 0.3) is 0 Å². The quantitative estimate of drug-likeness (QED) is 0.423. The molecule has 0 atom stereocenters. The van der Waals surface area contributed by atoms with Gasteiger partial charge in [0.1, 0.15) is 0 Å². The van der Waals surface area contributed by atoms with E-state index >= 15 is 0 Å². The van der Waals surface area contributed by atoms with Gasteiger partial charge in [0.25, 0.3) is 0 Å². The predicted molar refractivity (Wildman–Crippen MR) is 40.9 cm³/mol. The number of hydrogen-bond acceptors (Lipinski definition) is 1. The first-order valence-corrected chi connectivity index (χ1v) is 4.22. The van der Waals surface area contributed by atoms with Crippen molar-refractivity contribution in [3.8, 4) is 0 Å². The fraction of sp³-hybridized carbons (Fsp3) is 0.857. The second kappa shape index (κ2) is 3.81. The lowest BCUT2D eigenvalue weighted by Crippen LogP contribution is -2.28. The summed E-state index contributed by atoms with van der Waals surface area (Å²) >= 11 is 5.55. The molecule has 0 N–H and O–H groups in total. The molecular formula is C7H12ClNO. The van der Waals surface area contributed by atoms with Crippen LogP contribution in [-0.4, -0.2) is 23.4 Å². The van der Waals surface area contributed by atoms with E-state index in [4.69, 9.17) is 11.6 Å². The van der Waals surface area contributed by atoms with E-state index < -0.39 is 0 Å². The first kappa shape index (κ1) is 7.86. The molecule has 1 aliphatic heterocycles. The minimum absolute atomic E-state index is 0.215. The summed E-state index contributed by atoms with van der Waals surface area (Å²) in [4.78, 5) is 12.8. The van der Waals surface area contributed by atoms with Crippen molar-refractivity contribution in [1.82, 2.24) is 4.90 Å². The Morgan fingerprint density at radius 2 is 2.20 bits per heavy atom. The molecule has 3 heteroatoms. The van der Waals surface area contributed by atoms with Crippen molar-refractivity contribution in [3.63, 3.8) is 0 Å². The van der Waals surface area contributed by atoms with Crippen molar-refractivity contribution in [2.75, 3.05) is 12.5 Å². The largest absolute Gasteiger partial charge is 0.329 e. The molecule has 0 spiro atoms. The van der Waals surface area contributed by atoms with Gasteiger partial charge in [0, 0.05) is 13.0 Å². The topological polar surface area (TPSA) is 20.3 Å². The molecule has 1 rings (SSSR count). The van der Waals surface area contributed by atoms with Gasteiger partial charge in [-0.15, -0.1) is 11.6 Å². The van der Waals surface area contributed by atoms with E-state index in [0.29, 0.717) is 12.4 Å². The molecule has 1 fully saturated rings. The summed E-state index contributed by atoms with van der Waals surface area (Å²) in [5.41, 5.74) is 0. The summed E-state index contributed by atoms with van der Waals surface area (Å²) in [5.74, 6) is 0.215. The third-order valence-electron chi connectivity index (χ3n) is 1.82. The number of carbonyl (C=O) groups is 1. The maximum atomic E-state index is 11.1. The second-order valence-corrected chi connectivity index (χ2v) is 2.83. The minimum atomic E-state index is 0.215.